The molecule has 1 amide bonds. The fourth-order valence-electron chi connectivity index (χ4n) is 3.30. The van der Waals surface area contributed by atoms with Crippen molar-refractivity contribution in [3.05, 3.63) is 16.0 Å². The molecule has 0 bridgehead atoms. The first-order valence-corrected chi connectivity index (χ1v) is 10.5. The molecule has 1 saturated heterocycles. The van der Waals surface area contributed by atoms with Crippen LogP contribution >= 0.6 is 11.3 Å². The molecule has 1 atom stereocenters. The molecule has 1 unspecified atom stereocenters. The van der Waals surface area contributed by atoms with Crippen molar-refractivity contribution in [1.29, 1.82) is 0 Å². The summed E-state index contributed by atoms with van der Waals surface area (Å²) in [7, 11) is -3.93. The van der Waals surface area contributed by atoms with Crippen molar-refractivity contribution in [2.75, 3.05) is 26.2 Å². The number of carbonyl (C=O) groups excluding carboxylic acids is 1. The molecule has 0 aliphatic carbocycles. The Bertz CT molecular complexity index is 802. The zero-order valence-corrected chi connectivity index (χ0v) is 15.5. The van der Waals surface area contributed by atoms with Gasteiger partial charge in [0, 0.05) is 31.1 Å². The molecule has 25 heavy (non-hydrogen) atoms. The zero-order chi connectivity index (χ0) is 18.2. The van der Waals surface area contributed by atoms with E-state index in [-0.39, 0.29) is 34.7 Å². The normalized spacial score (nSPS) is 21.1. The third-order valence-electron chi connectivity index (χ3n) is 4.56. The SMILES string of the molecule is CCNC(=O)C1CCN(S(=O)(=O)c2sc3c(c2C(=O)O)CCNC3)C1. The van der Waals surface area contributed by atoms with Gasteiger partial charge in [-0.15, -0.1) is 11.3 Å². The van der Waals surface area contributed by atoms with Crippen LogP contribution in [0.5, 0.6) is 0 Å². The monoisotopic (exact) mass is 387 g/mol. The molecule has 3 rings (SSSR count). The highest BCUT2D eigenvalue weighted by Crippen LogP contribution is 2.37. The van der Waals surface area contributed by atoms with Crippen LogP contribution in [-0.4, -0.2) is 55.9 Å². The summed E-state index contributed by atoms with van der Waals surface area (Å²) in [5.41, 5.74) is 0.525. The van der Waals surface area contributed by atoms with Crippen molar-refractivity contribution in [3.63, 3.8) is 0 Å². The van der Waals surface area contributed by atoms with Crippen LogP contribution in [0.15, 0.2) is 4.21 Å². The van der Waals surface area contributed by atoms with E-state index in [0.29, 0.717) is 38.0 Å². The number of hydrogen-bond donors (Lipinski definition) is 3. The van der Waals surface area contributed by atoms with Crippen LogP contribution in [-0.2, 0) is 27.8 Å². The van der Waals surface area contributed by atoms with E-state index in [0.717, 1.165) is 16.2 Å². The Morgan fingerprint density at radius 2 is 2.20 bits per heavy atom. The number of amides is 1. The second-order valence-corrected chi connectivity index (χ2v) is 9.38. The number of nitrogens with zero attached hydrogens (tertiary/aromatic N) is 1. The average molecular weight is 387 g/mol. The molecule has 0 radical (unpaired) electrons. The van der Waals surface area contributed by atoms with E-state index in [4.69, 9.17) is 0 Å². The molecule has 3 heterocycles. The topological polar surface area (TPSA) is 116 Å². The predicted molar refractivity (Wildman–Crippen MR) is 92.2 cm³/mol. The number of thiophene rings is 1. The fraction of sp³-hybridized carbons (Fsp3) is 0.600. The third kappa shape index (κ3) is 3.31. The lowest BCUT2D eigenvalue weighted by molar-refractivity contribution is -0.124. The minimum absolute atomic E-state index is 0.0913. The minimum atomic E-state index is -3.93. The summed E-state index contributed by atoms with van der Waals surface area (Å²) in [6.45, 7) is 3.74. The summed E-state index contributed by atoms with van der Waals surface area (Å²) >= 11 is 1.03. The summed E-state index contributed by atoms with van der Waals surface area (Å²) in [4.78, 5) is 24.4. The maximum Gasteiger partial charge on any atom is 0.338 e. The number of carbonyl (C=O) groups is 2. The molecule has 10 heteroatoms. The van der Waals surface area contributed by atoms with Crippen molar-refractivity contribution >= 4 is 33.2 Å². The maximum atomic E-state index is 13.0. The molecule has 1 fully saturated rings. The summed E-state index contributed by atoms with van der Waals surface area (Å²) in [5.74, 6) is -1.76. The second-order valence-electron chi connectivity index (χ2n) is 6.14. The van der Waals surface area contributed by atoms with Crippen molar-refractivity contribution in [2.24, 2.45) is 5.92 Å². The van der Waals surface area contributed by atoms with Crippen LogP contribution in [0.1, 0.15) is 34.1 Å². The molecule has 0 saturated carbocycles. The minimum Gasteiger partial charge on any atom is -0.478 e. The van der Waals surface area contributed by atoms with E-state index in [1.807, 2.05) is 6.92 Å². The van der Waals surface area contributed by atoms with Gasteiger partial charge in [-0.25, -0.2) is 13.2 Å². The Balaban J connectivity index is 1.92. The molecule has 0 aromatic carbocycles. The number of rotatable bonds is 5. The van der Waals surface area contributed by atoms with Crippen LogP contribution in [0.2, 0.25) is 0 Å². The lowest BCUT2D eigenvalue weighted by Gasteiger charge is -2.16. The van der Waals surface area contributed by atoms with Gasteiger partial charge in [0.1, 0.15) is 4.21 Å². The molecule has 2 aliphatic rings. The molecule has 2 aliphatic heterocycles. The van der Waals surface area contributed by atoms with E-state index >= 15 is 0 Å². The Kier molecular flexibility index (Phi) is 5.14. The molecule has 0 spiro atoms. The first-order valence-electron chi connectivity index (χ1n) is 8.22. The van der Waals surface area contributed by atoms with E-state index < -0.39 is 16.0 Å². The van der Waals surface area contributed by atoms with Crippen molar-refractivity contribution in [2.45, 2.75) is 30.5 Å². The van der Waals surface area contributed by atoms with Crippen molar-refractivity contribution in [1.82, 2.24) is 14.9 Å². The van der Waals surface area contributed by atoms with Gasteiger partial charge in [0.15, 0.2) is 0 Å². The standard InChI is InChI=1S/C15H21N3O5S2/c1-2-17-13(19)9-4-6-18(8-9)25(22,23)15-12(14(20)21)10-3-5-16-7-11(10)24-15/h9,16H,2-8H2,1H3,(H,17,19)(H,20,21). The van der Waals surface area contributed by atoms with Gasteiger partial charge in [0.2, 0.25) is 5.91 Å². The van der Waals surface area contributed by atoms with Gasteiger partial charge in [-0.1, -0.05) is 0 Å². The number of hydrogen-bond acceptors (Lipinski definition) is 6. The average Bonchev–Trinajstić information content (AvgIpc) is 3.20. The van der Waals surface area contributed by atoms with Gasteiger partial charge in [-0.05, 0) is 31.9 Å². The molecular formula is C15H21N3O5S2. The summed E-state index contributed by atoms with van der Waals surface area (Å²) < 4.78 is 27.2. The fourth-order valence-corrected chi connectivity index (χ4v) is 6.81. The smallest absolute Gasteiger partial charge is 0.338 e. The summed E-state index contributed by atoms with van der Waals surface area (Å²) in [6, 6.07) is 0. The van der Waals surface area contributed by atoms with Crippen molar-refractivity contribution < 1.29 is 23.1 Å². The highest BCUT2D eigenvalue weighted by molar-refractivity contribution is 7.91. The number of carboxylic acids is 1. The van der Waals surface area contributed by atoms with Crippen molar-refractivity contribution in [3.8, 4) is 0 Å². The molecule has 1 aromatic rings. The third-order valence-corrected chi connectivity index (χ3v) is 8.15. The maximum absolute atomic E-state index is 13.0. The Morgan fingerprint density at radius 3 is 2.88 bits per heavy atom. The van der Waals surface area contributed by atoms with Gasteiger partial charge in [-0.2, -0.15) is 4.31 Å². The molecular weight excluding hydrogens is 366 g/mol. The highest BCUT2D eigenvalue weighted by atomic mass is 32.2. The molecule has 1 aromatic heterocycles. The highest BCUT2D eigenvalue weighted by Gasteiger charge is 2.40. The zero-order valence-electron chi connectivity index (χ0n) is 13.9. The second kappa shape index (κ2) is 7.02. The van der Waals surface area contributed by atoms with E-state index in [1.165, 1.54) is 4.31 Å². The van der Waals surface area contributed by atoms with Crippen LogP contribution in [0.25, 0.3) is 0 Å². The van der Waals surface area contributed by atoms with E-state index in [9.17, 15) is 23.1 Å². The summed E-state index contributed by atoms with van der Waals surface area (Å²) in [5, 5.41) is 15.4. The molecule has 138 valence electrons. The Labute approximate surface area is 150 Å². The number of sulfonamides is 1. The number of carboxylic acid groups (broad SMARTS) is 1. The first kappa shape index (κ1) is 18.3. The van der Waals surface area contributed by atoms with Crippen LogP contribution in [0, 0.1) is 5.92 Å². The van der Waals surface area contributed by atoms with Gasteiger partial charge in [-0.3, -0.25) is 4.79 Å². The lowest BCUT2D eigenvalue weighted by Crippen LogP contribution is -2.34. The van der Waals surface area contributed by atoms with Gasteiger partial charge in [0.25, 0.3) is 10.0 Å². The molecule has 3 N–H and O–H groups in total. The van der Waals surface area contributed by atoms with Gasteiger partial charge < -0.3 is 15.7 Å². The van der Waals surface area contributed by atoms with Gasteiger partial charge >= 0.3 is 5.97 Å². The first-order chi connectivity index (χ1) is 11.9. The van der Waals surface area contributed by atoms with Gasteiger partial charge in [0.05, 0.1) is 11.5 Å². The number of nitrogens with one attached hydrogen (secondary N) is 2. The summed E-state index contributed by atoms with van der Waals surface area (Å²) in [6.07, 6.45) is 0.949. The number of fused-ring (bicyclic) bond motifs is 1. The number of aromatic carboxylic acids is 1. The Morgan fingerprint density at radius 1 is 1.44 bits per heavy atom. The largest absolute Gasteiger partial charge is 0.478 e. The van der Waals surface area contributed by atoms with Crippen LogP contribution < -0.4 is 10.6 Å². The van der Waals surface area contributed by atoms with Crippen LogP contribution in [0.3, 0.4) is 0 Å². The lowest BCUT2D eigenvalue weighted by atomic mass is 10.1. The Hall–Kier alpha value is -1.49. The van der Waals surface area contributed by atoms with E-state index in [2.05, 4.69) is 10.6 Å². The quantitative estimate of drug-likeness (QED) is 0.666. The molecule has 8 nitrogen and oxygen atoms in total. The van der Waals surface area contributed by atoms with Crippen LogP contribution in [0.4, 0.5) is 0 Å². The van der Waals surface area contributed by atoms with E-state index in [1.54, 1.807) is 0 Å². The predicted octanol–water partition coefficient (Wildman–Crippen LogP) is 0.239.